The van der Waals surface area contributed by atoms with Crippen molar-refractivity contribution in [3.63, 3.8) is 0 Å². The van der Waals surface area contributed by atoms with Crippen LogP contribution in [0.1, 0.15) is 6.92 Å². The molecular weight excluding hydrogens is 243 g/mol. The minimum atomic E-state index is -0.185. The van der Waals surface area contributed by atoms with Gasteiger partial charge in [-0.2, -0.15) is 0 Å². The van der Waals surface area contributed by atoms with Gasteiger partial charge in [-0.05, 0) is 31.2 Å². The lowest BCUT2D eigenvalue weighted by atomic mass is 10.2. The van der Waals surface area contributed by atoms with E-state index in [0.29, 0.717) is 0 Å². The van der Waals surface area contributed by atoms with Crippen molar-refractivity contribution in [2.75, 3.05) is 44.7 Å². The summed E-state index contributed by atoms with van der Waals surface area (Å²) >= 11 is 0. The predicted octanol–water partition coefficient (Wildman–Crippen LogP) is 1.54. The van der Waals surface area contributed by atoms with Gasteiger partial charge in [0.05, 0.1) is 0 Å². The Morgan fingerprint density at radius 3 is 2.37 bits per heavy atom. The fourth-order valence-corrected chi connectivity index (χ4v) is 2.32. The third-order valence-corrected chi connectivity index (χ3v) is 3.32. The number of aliphatic imine (C=N–C) groups is 1. The highest BCUT2D eigenvalue weighted by molar-refractivity contribution is 5.80. The summed E-state index contributed by atoms with van der Waals surface area (Å²) in [6.07, 6.45) is 0. The van der Waals surface area contributed by atoms with Crippen LogP contribution in [-0.2, 0) is 0 Å². The lowest BCUT2D eigenvalue weighted by Crippen LogP contribution is -2.52. The van der Waals surface area contributed by atoms with Gasteiger partial charge in [0.25, 0.3) is 0 Å². The zero-order valence-corrected chi connectivity index (χ0v) is 11.6. The van der Waals surface area contributed by atoms with Gasteiger partial charge in [0, 0.05) is 45.5 Å². The first-order valence-electron chi connectivity index (χ1n) is 6.70. The number of benzene rings is 1. The van der Waals surface area contributed by atoms with Crippen molar-refractivity contribution in [3.05, 3.63) is 30.1 Å². The highest BCUT2D eigenvalue weighted by Gasteiger charge is 2.19. The normalized spacial score (nSPS) is 16.7. The van der Waals surface area contributed by atoms with Gasteiger partial charge in [-0.3, -0.25) is 4.99 Å². The fraction of sp³-hybridized carbons (Fsp3) is 0.500. The molecule has 1 aromatic rings. The molecule has 1 aliphatic rings. The van der Waals surface area contributed by atoms with Crippen LogP contribution in [0, 0.1) is 5.82 Å². The van der Waals surface area contributed by atoms with Crippen molar-refractivity contribution in [3.8, 4) is 0 Å². The molecule has 2 rings (SSSR count). The number of piperazine rings is 1. The number of nitrogens with one attached hydrogen (secondary N) is 1. The molecule has 0 saturated carbocycles. The van der Waals surface area contributed by atoms with E-state index in [1.54, 1.807) is 0 Å². The monoisotopic (exact) mass is 264 g/mol. The second kappa shape index (κ2) is 6.41. The summed E-state index contributed by atoms with van der Waals surface area (Å²) in [4.78, 5) is 8.80. The van der Waals surface area contributed by atoms with Crippen LogP contribution in [0.3, 0.4) is 0 Å². The second-order valence-electron chi connectivity index (χ2n) is 4.53. The lowest BCUT2D eigenvalue weighted by molar-refractivity contribution is 0.373. The van der Waals surface area contributed by atoms with E-state index in [-0.39, 0.29) is 5.82 Å². The van der Waals surface area contributed by atoms with Crippen molar-refractivity contribution < 1.29 is 4.39 Å². The maximum absolute atomic E-state index is 12.9. The molecule has 1 saturated heterocycles. The van der Waals surface area contributed by atoms with Crippen LogP contribution >= 0.6 is 0 Å². The zero-order valence-electron chi connectivity index (χ0n) is 11.6. The van der Waals surface area contributed by atoms with Crippen molar-refractivity contribution in [2.45, 2.75) is 6.92 Å². The molecule has 1 aromatic carbocycles. The Bertz CT molecular complexity index is 422. The Kier molecular flexibility index (Phi) is 4.60. The topological polar surface area (TPSA) is 30.9 Å². The summed E-state index contributed by atoms with van der Waals surface area (Å²) in [6, 6.07) is 6.70. The van der Waals surface area contributed by atoms with E-state index in [2.05, 4.69) is 27.0 Å². The first-order valence-corrected chi connectivity index (χ1v) is 6.70. The third kappa shape index (κ3) is 3.36. The first-order chi connectivity index (χ1) is 9.24. The molecule has 1 aliphatic heterocycles. The van der Waals surface area contributed by atoms with Crippen LogP contribution < -0.4 is 10.2 Å². The van der Waals surface area contributed by atoms with Gasteiger partial charge in [-0.1, -0.05) is 0 Å². The molecule has 5 heteroatoms. The van der Waals surface area contributed by atoms with Crippen LogP contribution in [-0.4, -0.2) is 50.6 Å². The molecule has 19 heavy (non-hydrogen) atoms. The summed E-state index contributed by atoms with van der Waals surface area (Å²) in [5, 5.41) is 3.27. The summed E-state index contributed by atoms with van der Waals surface area (Å²) in [6.45, 7) is 6.66. The van der Waals surface area contributed by atoms with Crippen LogP contribution in [0.2, 0.25) is 0 Å². The van der Waals surface area contributed by atoms with E-state index in [0.717, 1.165) is 44.4 Å². The summed E-state index contributed by atoms with van der Waals surface area (Å²) in [5.41, 5.74) is 1.08. The molecule has 1 heterocycles. The molecule has 0 spiro atoms. The summed E-state index contributed by atoms with van der Waals surface area (Å²) < 4.78 is 12.9. The number of anilines is 1. The second-order valence-corrected chi connectivity index (χ2v) is 4.53. The molecule has 1 N–H and O–H groups in total. The van der Waals surface area contributed by atoms with E-state index in [4.69, 9.17) is 0 Å². The number of hydrogen-bond donors (Lipinski definition) is 1. The van der Waals surface area contributed by atoms with Crippen molar-refractivity contribution in [2.24, 2.45) is 4.99 Å². The highest BCUT2D eigenvalue weighted by atomic mass is 19.1. The van der Waals surface area contributed by atoms with Gasteiger partial charge in [-0.25, -0.2) is 4.39 Å². The van der Waals surface area contributed by atoms with Gasteiger partial charge >= 0.3 is 0 Å². The largest absolute Gasteiger partial charge is 0.368 e. The molecular formula is C14H21FN4. The molecule has 1 fully saturated rings. The van der Waals surface area contributed by atoms with Crippen LogP contribution in [0.5, 0.6) is 0 Å². The summed E-state index contributed by atoms with van der Waals surface area (Å²) in [5.74, 6) is 0.774. The van der Waals surface area contributed by atoms with Gasteiger partial charge in [0.2, 0.25) is 0 Å². The molecule has 0 bridgehead atoms. The maximum Gasteiger partial charge on any atom is 0.193 e. The average molecular weight is 264 g/mol. The molecule has 0 radical (unpaired) electrons. The van der Waals surface area contributed by atoms with Gasteiger partial charge in [0.15, 0.2) is 5.96 Å². The van der Waals surface area contributed by atoms with E-state index in [9.17, 15) is 4.39 Å². The van der Waals surface area contributed by atoms with E-state index < -0.39 is 0 Å². The van der Waals surface area contributed by atoms with E-state index in [1.165, 1.54) is 12.1 Å². The highest BCUT2D eigenvalue weighted by Crippen LogP contribution is 2.16. The third-order valence-electron chi connectivity index (χ3n) is 3.32. The minimum absolute atomic E-state index is 0.185. The number of guanidine groups is 1. The average Bonchev–Trinajstić information content (AvgIpc) is 2.46. The van der Waals surface area contributed by atoms with Gasteiger partial charge in [0.1, 0.15) is 5.82 Å². The molecule has 4 nitrogen and oxygen atoms in total. The number of hydrogen-bond acceptors (Lipinski definition) is 2. The summed E-state index contributed by atoms with van der Waals surface area (Å²) in [7, 11) is 1.81. The van der Waals surface area contributed by atoms with Crippen LogP contribution in [0.25, 0.3) is 0 Å². The van der Waals surface area contributed by atoms with Crippen LogP contribution in [0.15, 0.2) is 29.3 Å². The Balaban J connectivity index is 1.93. The Hall–Kier alpha value is -1.78. The number of nitrogens with zero attached hydrogens (tertiary/aromatic N) is 3. The predicted molar refractivity (Wildman–Crippen MR) is 77.2 cm³/mol. The first kappa shape index (κ1) is 13.6. The zero-order chi connectivity index (χ0) is 13.7. The van der Waals surface area contributed by atoms with Gasteiger partial charge < -0.3 is 15.1 Å². The van der Waals surface area contributed by atoms with Crippen LogP contribution in [0.4, 0.5) is 10.1 Å². The van der Waals surface area contributed by atoms with Gasteiger partial charge in [-0.15, -0.1) is 0 Å². The smallest absolute Gasteiger partial charge is 0.193 e. The molecule has 0 atom stereocenters. The number of halogens is 1. The Labute approximate surface area is 113 Å². The lowest BCUT2D eigenvalue weighted by Gasteiger charge is -2.37. The molecule has 0 aliphatic carbocycles. The molecule has 0 aromatic heterocycles. The fourth-order valence-electron chi connectivity index (χ4n) is 2.32. The number of rotatable bonds is 2. The molecule has 0 amide bonds. The Morgan fingerprint density at radius 1 is 1.21 bits per heavy atom. The van der Waals surface area contributed by atoms with Crippen molar-refractivity contribution in [1.82, 2.24) is 10.2 Å². The molecule has 0 unspecified atom stereocenters. The minimum Gasteiger partial charge on any atom is -0.368 e. The SMILES string of the molecule is CCNC(=NC)N1CCN(c2ccc(F)cc2)CC1. The Morgan fingerprint density at radius 2 is 1.84 bits per heavy atom. The van der Waals surface area contributed by atoms with Crippen molar-refractivity contribution in [1.29, 1.82) is 0 Å². The van der Waals surface area contributed by atoms with E-state index in [1.807, 2.05) is 19.2 Å². The van der Waals surface area contributed by atoms with E-state index >= 15 is 0 Å². The standard InChI is InChI=1S/C14H21FN4/c1-3-17-14(16-2)19-10-8-18(9-11-19)13-6-4-12(15)5-7-13/h4-7H,3,8-11H2,1-2H3,(H,16,17). The quantitative estimate of drug-likeness (QED) is 0.649. The maximum atomic E-state index is 12.9. The van der Waals surface area contributed by atoms with Crippen molar-refractivity contribution >= 4 is 11.6 Å². The molecule has 104 valence electrons.